The van der Waals surface area contributed by atoms with E-state index in [1.54, 1.807) is 18.2 Å². The molecule has 0 aromatic heterocycles. The summed E-state index contributed by atoms with van der Waals surface area (Å²) in [5, 5.41) is 11.2. The number of methoxy groups -OCH3 is 2. The molecule has 0 aliphatic carbocycles. The van der Waals surface area contributed by atoms with Crippen LogP contribution in [0, 0.1) is 6.92 Å². The standard InChI is InChI=1S/C19H19Cl2N3O4/c1-10-5-12(20)7-14(6-10)23-24-17(11(2)25)19(26)22-13-8-15(21)18(28-4)16(9-13)27-3/h5-9,17H,1-4H3,(H,22,26). The molecule has 9 heteroatoms. The summed E-state index contributed by atoms with van der Waals surface area (Å²) in [5.41, 5.74) is 1.65. The fourth-order valence-electron chi connectivity index (χ4n) is 2.42. The minimum absolute atomic E-state index is 0.243. The van der Waals surface area contributed by atoms with Crippen molar-refractivity contribution in [3.8, 4) is 11.5 Å². The number of halogens is 2. The van der Waals surface area contributed by atoms with E-state index in [9.17, 15) is 9.59 Å². The van der Waals surface area contributed by atoms with Gasteiger partial charge < -0.3 is 14.8 Å². The highest BCUT2D eigenvalue weighted by Gasteiger charge is 2.24. The molecule has 2 aromatic carbocycles. The number of Topliss-reactive ketones (excluding diaryl/α,β-unsaturated/α-hetero) is 1. The molecule has 1 amide bonds. The van der Waals surface area contributed by atoms with Gasteiger partial charge in [0, 0.05) is 16.8 Å². The third kappa shape index (κ3) is 5.43. The second-order valence-corrected chi connectivity index (χ2v) is 6.74. The molecule has 2 aromatic rings. The van der Waals surface area contributed by atoms with Crippen LogP contribution in [0.2, 0.25) is 10.0 Å². The topological polar surface area (TPSA) is 89.4 Å². The number of carbonyl (C=O) groups excluding carboxylic acids is 2. The Morgan fingerprint density at radius 1 is 1.07 bits per heavy atom. The Balaban J connectivity index is 2.25. The Bertz CT molecular complexity index is 911. The van der Waals surface area contributed by atoms with Crippen LogP contribution in [-0.2, 0) is 9.59 Å². The lowest BCUT2D eigenvalue weighted by molar-refractivity contribution is -0.126. The van der Waals surface area contributed by atoms with E-state index in [1.807, 2.05) is 6.92 Å². The van der Waals surface area contributed by atoms with E-state index in [2.05, 4.69) is 15.5 Å². The van der Waals surface area contributed by atoms with Gasteiger partial charge in [-0.1, -0.05) is 23.2 Å². The third-order valence-electron chi connectivity index (χ3n) is 3.65. The second-order valence-electron chi connectivity index (χ2n) is 5.90. The second kappa shape index (κ2) is 9.52. The minimum Gasteiger partial charge on any atom is -0.493 e. The first-order chi connectivity index (χ1) is 13.2. The van der Waals surface area contributed by atoms with Crippen molar-refractivity contribution in [1.29, 1.82) is 0 Å². The van der Waals surface area contributed by atoms with Gasteiger partial charge in [-0.15, -0.1) is 0 Å². The number of ether oxygens (including phenoxy) is 2. The summed E-state index contributed by atoms with van der Waals surface area (Å²) in [7, 11) is 2.89. The number of amides is 1. The van der Waals surface area contributed by atoms with Gasteiger partial charge in [0.05, 0.1) is 24.9 Å². The molecule has 0 fully saturated rings. The molecule has 1 N–H and O–H groups in total. The predicted molar refractivity (Wildman–Crippen MR) is 108 cm³/mol. The van der Waals surface area contributed by atoms with Gasteiger partial charge in [-0.2, -0.15) is 10.2 Å². The zero-order chi connectivity index (χ0) is 20.8. The maximum atomic E-state index is 12.5. The number of nitrogens with zero attached hydrogens (tertiary/aromatic N) is 2. The van der Waals surface area contributed by atoms with E-state index >= 15 is 0 Å². The lowest BCUT2D eigenvalue weighted by Crippen LogP contribution is -2.31. The van der Waals surface area contributed by atoms with Crippen molar-refractivity contribution in [2.75, 3.05) is 19.5 Å². The number of ketones is 1. The molecule has 0 saturated carbocycles. The number of aryl methyl sites for hydroxylation is 1. The Morgan fingerprint density at radius 2 is 1.79 bits per heavy atom. The third-order valence-corrected chi connectivity index (χ3v) is 4.15. The molecule has 1 atom stereocenters. The number of nitrogens with one attached hydrogen (secondary N) is 1. The van der Waals surface area contributed by atoms with E-state index in [0.29, 0.717) is 27.9 Å². The molecule has 28 heavy (non-hydrogen) atoms. The van der Waals surface area contributed by atoms with Crippen molar-refractivity contribution in [2.45, 2.75) is 19.9 Å². The van der Waals surface area contributed by atoms with Gasteiger partial charge in [0.2, 0.25) is 6.04 Å². The van der Waals surface area contributed by atoms with E-state index in [0.717, 1.165) is 5.56 Å². The van der Waals surface area contributed by atoms with Crippen LogP contribution in [0.5, 0.6) is 11.5 Å². The highest BCUT2D eigenvalue weighted by Crippen LogP contribution is 2.37. The van der Waals surface area contributed by atoms with Crippen molar-refractivity contribution in [1.82, 2.24) is 0 Å². The molecule has 0 spiro atoms. The summed E-state index contributed by atoms with van der Waals surface area (Å²) in [4.78, 5) is 24.5. The maximum absolute atomic E-state index is 12.5. The number of hydrogen-bond acceptors (Lipinski definition) is 6. The van der Waals surface area contributed by atoms with Gasteiger partial charge in [-0.25, -0.2) is 0 Å². The van der Waals surface area contributed by atoms with Gasteiger partial charge in [0.15, 0.2) is 17.3 Å². The molecular formula is C19H19Cl2N3O4. The van der Waals surface area contributed by atoms with Gasteiger partial charge in [-0.05, 0) is 43.7 Å². The molecule has 0 radical (unpaired) electrons. The molecule has 0 aliphatic heterocycles. The number of anilines is 1. The van der Waals surface area contributed by atoms with Gasteiger partial charge in [-0.3, -0.25) is 9.59 Å². The van der Waals surface area contributed by atoms with Crippen LogP contribution in [-0.4, -0.2) is 32.0 Å². The van der Waals surface area contributed by atoms with E-state index < -0.39 is 17.7 Å². The molecule has 0 saturated heterocycles. The van der Waals surface area contributed by atoms with Crippen LogP contribution in [0.25, 0.3) is 0 Å². The number of hydrogen-bond donors (Lipinski definition) is 1. The first-order valence-electron chi connectivity index (χ1n) is 8.16. The van der Waals surface area contributed by atoms with E-state index in [-0.39, 0.29) is 5.02 Å². The highest BCUT2D eigenvalue weighted by atomic mass is 35.5. The van der Waals surface area contributed by atoms with Crippen LogP contribution in [0.15, 0.2) is 40.6 Å². The zero-order valence-corrected chi connectivity index (χ0v) is 17.3. The lowest BCUT2D eigenvalue weighted by atomic mass is 10.2. The summed E-state index contributed by atoms with van der Waals surface area (Å²) in [6, 6.07) is 6.76. The molecule has 0 heterocycles. The molecule has 2 rings (SSSR count). The van der Waals surface area contributed by atoms with Crippen molar-refractivity contribution in [3.05, 3.63) is 45.9 Å². The number of azo groups is 1. The molecular weight excluding hydrogens is 405 g/mol. The molecule has 7 nitrogen and oxygen atoms in total. The average Bonchev–Trinajstić information content (AvgIpc) is 2.60. The first-order valence-corrected chi connectivity index (χ1v) is 8.91. The van der Waals surface area contributed by atoms with Crippen molar-refractivity contribution >= 4 is 46.3 Å². The van der Waals surface area contributed by atoms with Gasteiger partial charge in [0.25, 0.3) is 5.91 Å². The van der Waals surface area contributed by atoms with Crippen LogP contribution in [0.1, 0.15) is 12.5 Å². The molecule has 1 unspecified atom stereocenters. The van der Waals surface area contributed by atoms with E-state index in [1.165, 1.54) is 33.3 Å². The summed E-state index contributed by atoms with van der Waals surface area (Å²) in [5.74, 6) is -0.452. The first kappa shape index (κ1) is 21.7. The summed E-state index contributed by atoms with van der Waals surface area (Å²) in [6.45, 7) is 3.11. The quantitative estimate of drug-likeness (QED) is 0.501. The largest absolute Gasteiger partial charge is 0.493 e. The Morgan fingerprint density at radius 3 is 2.36 bits per heavy atom. The van der Waals surface area contributed by atoms with Crippen LogP contribution >= 0.6 is 23.2 Å². The number of benzene rings is 2. The SMILES string of the molecule is COc1cc(NC(=O)C(N=Nc2cc(C)cc(Cl)c2)C(C)=O)cc(Cl)c1OC. The molecule has 148 valence electrons. The van der Waals surface area contributed by atoms with E-state index in [4.69, 9.17) is 32.7 Å². The monoisotopic (exact) mass is 423 g/mol. The fourth-order valence-corrected chi connectivity index (χ4v) is 2.99. The highest BCUT2D eigenvalue weighted by molar-refractivity contribution is 6.32. The number of carbonyl (C=O) groups is 2. The van der Waals surface area contributed by atoms with Gasteiger partial charge >= 0.3 is 0 Å². The average molecular weight is 424 g/mol. The zero-order valence-electron chi connectivity index (χ0n) is 15.7. The predicted octanol–water partition coefficient (Wildman–Crippen LogP) is 5.00. The minimum atomic E-state index is -1.33. The summed E-state index contributed by atoms with van der Waals surface area (Å²) in [6.07, 6.45) is 0. The molecule has 0 aliphatic rings. The Kier molecular flexibility index (Phi) is 7.37. The maximum Gasteiger partial charge on any atom is 0.258 e. The fraction of sp³-hybridized carbons (Fsp3) is 0.263. The number of rotatable bonds is 7. The summed E-state index contributed by atoms with van der Waals surface area (Å²) >= 11 is 12.1. The normalized spacial score (nSPS) is 11.9. The van der Waals surface area contributed by atoms with Crippen LogP contribution < -0.4 is 14.8 Å². The Hall–Kier alpha value is -2.64. The van der Waals surface area contributed by atoms with Crippen molar-refractivity contribution < 1.29 is 19.1 Å². The summed E-state index contributed by atoms with van der Waals surface area (Å²) < 4.78 is 10.3. The molecule has 0 bridgehead atoms. The Labute approximate surface area is 172 Å². The lowest BCUT2D eigenvalue weighted by Gasteiger charge is -2.14. The van der Waals surface area contributed by atoms with Gasteiger partial charge in [0.1, 0.15) is 0 Å². The van der Waals surface area contributed by atoms with Crippen molar-refractivity contribution in [2.24, 2.45) is 10.2 Å². The smallest absolute Gasteiger partial charge is 0.258 e. The van der Waals surface area contributed by atoms with Crippen LogP contribution in [0.4, 0.5) is 11.4 Å². The van der Waals surface area contributed by atoms with Crippen molar-refractivity contribution in [3.63, 3.8) is 0 Å². The van der Waals surface area contributed by atoms with Crippen LogP contribution in [0.3, 0.4) is 0 Å².